The van der Waals surface area contributed by atoms with E-state index in [1.807, 2.05) is 31.2 Å². The van der Waals surface area contributed by atoms with Crippen molar-refractivity contribution in [3.8, 4) is 28.7 Å². The zero-order valence-corrected chi connectivity index (χ0v) is 19.0. The van der Waals surface area contributed by atoms with Gasteiger partial charge in [-0.05, 0) is 31.2 Å². The van der Waals surface area contributed by atoms with Crippen molar-refractivity contribution in [3.63, 3.8) is 0 Å². The van der Waals surface area contributed by atoms with Crippen LogP contribution < -0.4 is 19.5 Å². The molecule has 2 heterocycles. The van der Waals surface area contributed by atoms with E-state index in [1.54, 1.807) is 33.5 Å². The molecule has 0 bridgehead atoms. The number of ether oxygens (including phenoxy) is 3. The van der Waals surface area contributed by atoms with Gasteiger partial charge in [-0.1, -0.05) is 23.9 Å². The Morgan fingerprint density at radius 1 is 0.969 bits per heavy atom. The number of anilines is 1. The van der Waals surface area contributed by atoms with E-state index in [2.05, 4.69) is 25.5 Å². The maximum atomic E-state index is 5.86. The van der Waals surface area contributed by atoms with Gasteiger partial charge in [-0.15, -0.1) is 10.2 Å². The molecule has 0 spiro atoms. The summed E-state index contributed by atoms with van der Waals surface area (Å²) < 4.78 is 22.0. The van der Waals surface area contributed by atoms with E-state index < -0.39 is 0 Å². The second-order valence-corrected chi connectivity index (χ2v) is 7.55. The van der Waals surface area contributed by atoms with Crippen molar-refractivity contribution in [1.82, 2.24) is 20.2 Å². The lowest BCUT2D eigenvalue weighted by Crippen LogP contribution is -2.02. The van der Waals surface area contributed by atoms with Crippen LogP contribution in [0.2, 0.25) is 0 Å². The number of para-hydroxylation sites is 1. The molecule has 0 unspecified atom stereocenters. The molecule has 2 aromatic carbocycles. The molecule has 4 rings (SSSR count). The minimum absolute atomic E-state index is 0.354. The van der Waals surface area contributed by atoms with Crippen molar-refractivity contribution in [2.45, 2.75) is 17.8 Å². The van der Waals surface area contributed by atoms with Crippen molar-refractivity contribution in [1.29, 1.82) is 0 Å². The number of rotatable bonds is 9. The van der Waals surface area contributed by atoms with Gasteiger partial charge in [-0.2, -0.15) is 0 Å². The quantitative estimate of drug-likeness (QED) is 0.289. The van der Waals surface area contributed by atoms with Crippen LogP contribution in [0, 0.1) is 0 Å². The van der Waals surface area contributed by atoms with E-state index in [-0.39, 0.29) is 0 Å². The van der Waals surface area contributed by atoms with Gasteiger partial charge in [-0.3, -0.25) is 0 Å². The maximum absolute atomic E-state index is 5.86. The zero-order valence-electron chi connectivity index (χ0n) is 18.2. The highest BCUT2D eigenvalue weighted by atomic mass is 32.2. The fourth-order valence-electron chi connectivity index (χ4n) is 3.18. The van der Waals surface area contributed by atoms with Gasteiger partial charge < -0.3 is 23.9 Å². The molecule has 10 heteroatoms. The van der Waals surface area contributed by atoms with E-state index in [0.717, 1.165) is 23.3 Å². The van der Waals surface area contributed by atoms with Gasteiger partial charge in [-0.25, -0.2) is 9.97 Å². The molecular formula is C22H23N5O4S. The molecule has 0 aliphatic rings. The van der Waals surface area contributed by atoms with Crippen molar-refractivity contribution < 1.29 is 18.6 Å². The highest BCUT2D eigenvalue weighted by Crippen LogP contribution is 2.41. The Hall–Kier alpha value is -3.53. The predicted octanol–water partition coefficient (Wildman–Crippen LogP) is 4.43. The first-order valence-electron chi connectivity index (χ1n) is 9.93. The summed E-state index contributed by atoms with van der Waals surface area (Å²) in [5.41, 5.74) is 1.55. The molecule has 0 fully saturated rings. The Labute approximate surface area is 189 Å². The van der Waals surface area contributed by atoms with Crippen LogP contribution in [0.3, 0.4) is 0 Å². The summed E-state index contributed by atoms with van der Waals surface area (Å²) in [7, 11) is 4.67. The van der Waals surface area contributed by atoms with Crippen LogP contribution in [0.5, 0.6) is 17.2 Å². The number of hydrogen-bond acceptors (Lipinski definition) is 10. The first-order valence-corrected chi connectivity index (χ1v) is 10.9. The van der Waals surface area contributed by atoms with Crippen LogP contribution in [-0.2, 0) is 5.75 Å². The van der Waals surface area contributed by atoms with Crippen molar-refractivity contribution >= 4 is 28.5 Å². The van der Waals surface area contributed by atoms with Gasteiger partial charge in [0.1, 0.15) is 5.82 Å². The van der Waals surface area contributed by atoms with Crippen molar-refractivity contribution in [2.75, 3.05) is 33.2 Å². The van der Waals surface area contributed by atoms with Crippen LogP contribution in [0.25, 0.3) is 22.4 Å². The minimum Gasteiger partial charge on any atom is -0.493 e. The van der Waals surface area contributed by atoms with Crippen LogP contribution in [-0.4, -0.2) is 48.0 Å². The molecule has 0 saturated heterocycles. The Morgan fingerprint density at radius 3 is 2.41 bits per heavy atom. The van der Waals surface area contributed by atoms with E-state index in [0.29, 0.717) is 45.5 Å². The third-order valence-corrected chi connectivity index (χ3v) is 5.46. The van der Waals surface area contributed by atoms with Crippen molar-refractivity contribution in [3.05, 3.63) is 42.3 Å². The lowest BCUT2D eigenvalue weighted by Gasteiger charge is -2.12. The summed E-state index contributed by atoms with van der Waals surface area (Å²) in [6, 6.07) is 11.4. The topological polar surface area (TPSA) is 104 Å². The van der Waals surface area contributed by atoms with E-state index in [4.69, 9.17) is 18.6 Å². The van der Waals surface area contributed by atoms with Crippen LogP contribution in [0.1, 0.15) is 12.8 Å². The second-order valence-electron chi connectivity index (χ2n) is 6.61. The summed E-state index contributed by atoms with van der Waals surface area (Å²) in [6.07, 6.45) is 0. The van der Waals surface area contributed by atoms with E-state index >= 15 is 0 Å². The van der Waals surface area contributed by atoms with Gasteiger partial charge in [0, 0.05) is 17.5 Å². The van der Waals surface area contributed by atoms with Gasteiger partial charge in [0.15, 0.2) is 16.7 Å². The molecule has 0 aliphatic carbocycles. The highest BCUT2D eigenvalue weighted by Gasteiger charge is 2.18. The average molecular weight is 454 g/mol. The van der Waals surface area contributed by atoms with Crippen LogP contribution in [0.4, 0.5) is 5.82 Å². The largest absolute Gasteiger partial charge is 0.493 e. The normalized spacial score (nSPS) is 10.9. The average Bonchev–Trinajstić information content (AvgIpc) is 3.31. The fourth-order valence-corrected chi connectivity index (χ4v) is 3.87. The smallest absolute Gasteiger partial charge is 0.248 e. The molecule has 0 saturated carbocycles. The highest BCUT2D eigenvalue weighted by molar-refractivity contribution is 7.98. The predicted molar refractivity (Wildman–Crippen MR) is 123 cm³/mol. The van der Waals surface area contributed by atoms with Gasteiger partial charge in [0.05, 0.1) is 32.6 Å². The first-order chi connectivity index (χ1) is 15.7. The molecule has 0 radical (unpaired) electrons. The molecule has 0 amide bonds. The number of nitrogens with zero attached hydrogens (tertiary/aromatic N) is 4. The Morgan fingerprint density at radius 2 is 1.72 bits per heavy atom. The van der Waals surface area contributed by atoms with E-state index in [9.17, 15) is 0 Å². The van der Waals surface area contributed by atoms with Crippen LogP contribution in [0.15, 0.2) is 46.0 Å². The Bertz CT molecular complexity index is 1210. The number of hydrogen-bond donors (Lipinski definition) is 1. The third-order valence-electron chi connectivity index (χ3n) is 4.63. The first kappa shape index (κ1) is 21.7. The molecular weight excluding hydrogens is 430 g/mol. The fraction of sp³-hybridized carbons (Fsp3) is 0.273. The molecule has 32 heavy (non-hydrogen) atoms. The van der Waals surface area contributed by atoms with Gasteiger partial charge in [0.25, 0.3) is 0 Å². The molecule has 1 N–H and O–H groups in total. The Balaban J connectivity index is 1.56. The van der Waals surface area contributed by atoms with Crippen molar-refractivity contribution in [2.24, 2.45) is 0 Å². The summed E-state index contributed by atoms with van der Waals surface area (Å²) in [4.78, 5) is 9.28. The summed E-state index contributed by atoms with van der Waals surface area (Å²) >= 11 is 1.43. The third kappa shape index (κ3) is 4.40. The standard InChI is InChI=1S/C22H23N5O4S/c1-5-23-20-14-8-6-7-9-15(14)24-22(25-20)32-12-18-26-27-21(31-18)13-10-16(28-2)19(30-4)17(11-13)29-3/h6-11H,5,12H2,1-4H3,(H,23,24,25). The summed E-state index contributed by atoms with van der Waals surface area (Å²) in [6.45, 7) is 2.81. The zero-order chi connectivity index (χ0) is 22.5. The molecule has 9 nitrogen and oxygen atoms in total. The number of methoxy groups -OCH3 is 3. The SMILES string of the molecule is CCNc1nc(SCc2nnc(-c3cc(OC)c(OC)c(OC)c3)o2)nc2ccccc12. The number of nitrogens with one attached hydrogen (secondary N) is 1. The number of fused-ring (bicyclic) bond motifs is 1. The summed E-state index contributed by atoms with van der Waals surface area (Å²) in [5, 5.41) is 13.2. The number of aromatic nitrogens is 4. The van der Waals surface area contributed by atoms with Gasteiger partial charge >= 0.3 is 0 Å². The van der Waals surface area contributed by atoms with Gasteiger partial charge in [0.2, 0.25) is 17.5 Å². The Kier molecular flexibility index (Phi) is 6.60. The molecule has 0 atom stereocenters. The molecule has 166 valence electrons. The second kappa shape index (κ2) is 9.73. The minimum atomic E-state index is 0.354. The maximum Gasteiger partial charge on any atom is 0.248 e. The lowest BCUT2D eigenvalue weighted by atomic mass is 10.2. The molecule has 0 aliphatic heterocycles. The monoisotopic (exact) mass is 453 g/mol. The molecule has 2 aromatic heterocycles. The lowest BCUT2D eigenvalue weighted by molar-refractivity contribution is 0.324. The summed E-state index contributed by atoms with van der Waals surface area (Å²) in [5.74, 6) is 3.57. The number of benzene rings is 2. The van der Waals surface area contributed by atoms with E-state index in [1.165, 1.54) is 11.8 Å². The molecule has 4 aromatic rings. The number of thioether (sulfide) groups is 1. The van der Waals surface area contributed by atoms with Crippen LogP contribution >= 0.6 is 11.8 Å².